The number of pyridine rings is 1. The molecule has 2 N–H and O–H groups in total. The number of hydrogen-bond acceptors (Lipinski definition) is 4. The van der Waals surface area contributed by atoms with E-state index < -0.39 is 5.97 Å². The Morgan fingerprint density at radius 2 is 2.05 bits per heavy atom. The lowest BCUT2D eigenvalue weighted by Crippen LogP contribution is -2.20. The molecule has 1 amide bonds. The van der Waals surface area contributed by atoms with Crippen molar-refractivity contribution in [3.8, 4) is 5.75 Å². The van der Waals surface area contributed by atoms with Crippen LogP contribution in [0.25, 0.3) is 0 Å². The van der Waals surface area contributed by atoms with Gasteiger partial charge in [-0.1, -0.05) is 18.2 Å². The number of nitrogens with zero attached hydrogens (tertiary/aromatic N) is 1. The highest BCUT2D eigenvalue weighted by Gasteiger charge is 2.08. The van der Waals surface area contributed by atoms with Crippen LogP contribution < -0.4 is 10.1 Å². The van der Waals surface area contributed by atoms with Gasteiger partial charge in [0.15, 0.2) is 6.61 Å². The fourth-order valence-electron chi connectivity index (χ4n) is 1.68. The fraction of sp³-hybridized carbons (Fsp3) is 0.133. The maximum Gasteiger partial charge on any atom is 0.337 e. The van der Waals surface area contributed by atoms with Crippen molar-refractivity contribution in [1.29, 1.82) is 0 Å². The number of para-hydroxylation sites is 1. The first-order valence-corrected chi connectivity index (χ1v) is 6.23. The van der Waals surface area contributed by atoms with Crippen LogP contribution in [-0.2, 0) is 4.79 Å². The van der Waals surface area contributed by atoms with Crippen LogP contribution in [0.2, 0.25) is 0 Å². The van der Waals surface area contributed by atoms with Crippen LogP contribution in [0.3, 0.4) is 0 Å². The maximum absolute atomic E-state index is 11.8. The Hall–Kier alpha value is -2.89. The first kappa shape index (κ1) is 14.5. The first-order valence-electron chi connectivity index (χ1n) is 6.23. The number of nitrogens with one attached hydrogen (secondary N) is 1. The third kappa shape index (κ3) is 4.04. The summed E-state index contributed by atoms with van der Waals surface area (Å²) < 4.78 is 5.40. The molecule has 0 aliphatic rings. The quantitative estimate of drug-likeness (QED) is 0.878. The summed E-state index contributed by atoms with van der Waals surface area (Å²) in [6.45, 7) is 1.72. The molecule has 6 nitrogen and oxygen atoms in total. The predicted octanol–water partition coefficient (Wildman–Crippen LogP) is 2.11. The molecule has 1 aromatic heterocycles. The van der Waals surface area contributed by atoms with Crippen molar-refractivity contribution in [1.82, 2.24) is 4.98 Å². The van der Waals surface area contributed by atoms with Crippen molar-refractivity contribution in [2.45, 2.75) is 6.92 Å². The van der Waals surface area contributed by atoms with Crippen LogP contribution in [0, 0.1) is 6.92 Å². The Morgan fingerprint density at radius 1 is 1.29 bits per heavy atom. The molecule has 108 valence electrons. The molecule has 0 atom stereocenters. The molecule has 6 heteroatoms. The number of benzene rings is 1. The minimum Gasteiger partial charge on any atom is -0.483 e. The van der Waals surface area contributed by atoms with Gasteiger partial charge in [-0.25, -0.2) is 4.79 Å². The maximum atomic E-state index is 11.8. The Balaban J connectivity index is 1.95. The second kappa shape index (κ2) is 6.51. The first-order chi connectivity index (χ1) is 10.1. The van der Waals surface area contributed by atoms with Gasteiger partial charge in [0, 0.05) is 6.20 Å². The molecule has 1 aromatic carbocycles. The van der Waals surface area contributed by atoms with Crippen LogP contribution in [-0.4, -0.2) is 28.6 Å². The van der Waals surface area contributed by atoms with E-state index in [4.69, 9.17) is 9.84 Å². The third-order valence-corrected chi connectivity index (χ3v) is 2.72. The van der Waals surface area contributed by atoms with Crippen molar-refractivity contribution >= 4 is 17.6 Å². The molecular formula is C15H14N2O4. The van der Waals surface area contributed by atoms with Gasteiger partial charge in [0.1, 0.15) is 5.75 Å². The van der Waals surface area contributed by atoms with Crippen molar-refractivity contribution in [2.24, 2.45) is 0 Å². The molecular weight excluding hydrogens is 272 g/mol. The van der Waals surface area contributed by atoms with E-state index >= 15 is 0 Å². The summed E-state index contributed by atoms with van der Waals surface area (Å²) in [5.41, 5.74) is 1.25. The standard InChI is InChI=1S/C15H14N2O4/c1-10-4-2-3-5-13(10)21-9-14(18)17-12-6-11(15(19)20)7-16-8-12/h2-8H,9H2,1H3,(H,17,18)(H,19,20). The summed E-state index contributed by atoms with van der Waals surface area (Å²) in [6.07, 6.45) is 2.58. The van der Waals surface area contributed by atoms with E-state index in [9.17, 15) is 9.59 Å². The highest BCUT2D eigenvalue weighted by molar-refractivity contribution is 5.94. The summed E-state index contributed by atoms with van der Waals surface area (Å²) in [7, 11) is 0. The molecule has 2 aromatic rings. The second-order valence-electron chi connectivity index (χ2n) is 4.37. The number of carboxylic acid groups (broad SMARTS) is 1. The summed E-state index contributed by atoms with van der Waals surface area (Å²) in [4.78, 5) is 26.3. The van der Waals surface area contributed by atoms with Gasteiger partial charge < -0.3 is 15.2 Å². The number of carboxylic acids is 1. The van der Waals surface area contributed by atoms with E-state index in [0.29, 0.717) is 11.4 Å². The Labute approximate surface area is 121 Å². The molecule has 0 fully saturated rings. The van der Waals surface area contributed by atoms with Crippen molar-refractivity contribution in [3.05, 3.63) is 53.9 Å². The molecule has 2 rings (SSSR count). The van der Waals surface area contributed by atoms with Crippen LogP contribution in [0.1, 0.15) is 15.9 Å². The van der Waals surface area contributed by atoms with Gasteiger partial charge in [-0.3, -0.25) is 9.78 Å². The zero-order valence-electron chi connectivity index (χ0n) is 11.4. The zero-order valence-corrected chi connectivity index (χ0v) is 11.4. The SMILES string of the molecule is Cc1ccccc1OCC(=O)Nc1cncc(C(=O)O)c1. The lowest BCUT2D eigenvalue weighted by molar-refractivity contribution is -0.118. The average molecular weight is 286 g/mol. The van der Waals surface area contributed by atoms with Crippen LogP contribution >= 0.6 is 0 Å². The Bertz CT molecular complexity index is 670. The number of aryl methyl sites for hydroxylation is 1. The van der Waals surface area contributed by atoms with Crippen molar-refractivity contribution < 1.29 is 19.4 Å². The van der Waals surface area contributed by atoms with Crippen molar-refractivity contribution in [3.63, 3.8) is 0 Å². The van der Waals surface area contributed by atoms with Gasteiger partial charge in [-0.15, -0.1) is 0 Å². The average Bonchev–Trinajstić information content (AvgIpc) is 2.46. The predicted molar refractivity (Wildman–Crippen MR) is 76.5 cm³/mol. The van der Waals surface area contributed by atoms with E-state index in [1.807, 2.05) is 25.1 Å². The number of rotatable bonds is 5. The van der Waals surface area contributed by atoms with Crippen LogP contribution in [0.15, 0.2) is 42.7 Å². The fourth-order valence-corrected chi connectivity index (χ4v) is 1.68. The minimum absolute atomic E-state index is 0.00706. The number of hydrogen-bond donors (Lipinski definition) is 2. The zero-order chi connectivity index (χ0) is 15.2. The third-order valence-electron chi connectivity index (χ3n) is 2.72. The van der Waals surface area contributed by atoms with E-state index in [1.165, 1.54) is 18.5 Å². The number of aromatic nitrogens is 1. The lowest BCUT2D eigenvalue weighted by atomic mass is 10.2. The number of carbonyl (C=O) groups is 2. The summed E-state index contributed by atoms with van der Waals surface area (Å²) in [5.74, 6) is -0.859. The summed E-state index contributed by atoms with van der Waals surface area (Å²) in [5, 5.41) is 11.4. The second-order valence-corrected chi connectivity index (χ2v) is 4.37. The van der Waals surface area contributed by atoms with Gasteiger partial charge in [0.25, 0.3) is 5.91 Å². The Kier molecular flexibility index (Phi) is 4.50. The van der Waals surface area contributed by atoms with Crippen LogP contribution in [0.5, 0.6) is 5.75 Å². The highest BCUT2D eigenvalue weighted by Crippen LogP contribution is 2.16. The number of amides is 1. The van der Waals surface area contributed by atoms with Gasteiger partial charge in [-0.2, -0.15) is 0 Å². The summed E-state index contributed by atoms with van der Waals surface area (Å²) in [6, 6.07) is 8.69. The molecule has 0 radical (unpaired) electrons. The minimum atomic E-state index is -1.10. The Morgan fingerprint density at radius 3 is 2.76 bits per heavy atom. The molecule has 0 saturated heterocycles. The lowest BCUT2D eigenvalue weighted by Gasteiger charge is -2.09. The number of carbonyl (C=O) groups excluding carboxylic acids is 1. The molecule has 0 unspecified atom stereocenters. The largest absolute Gasteiger partial charge is 0.483 e. The molecule has 0 saturated carbocycles. The van der Waals surface area contributed by atoms with E-state index in [-0.39, 0.29) is 18.1 Å². The normalized spacial score (nSPS) is 9.95. The van der Waals surface area contributed by atoms with Gasteiger partial charge in [0.2, 0.25) is 0 Å². The van der Waals surface area contributed by atoms with E-state index in [2.05, 4.69) is 10.3 Å². The number of anilines is 1. The van der Waals surface area contributed by atoms with Crippen molar-refractivity contribution in [2.75, 3.05) is 11.9 Å². The molecule has 0 aliphatic carbocycles. The van der Waals surface area contributed by atoms with Gasteiger partial charge in [-0.05, 0) is 24.6 Å². The van der Waals surface area contributed by atoms with Gasteiger partial charge >= 0.3 is 5.97 Å². The highest BCUT2D eigenvalue weighted by atomic mass is 16.5. The smallest absolute Gasteiger partial charge is 0.337 e. The number of aromatic carboxylic acids is 1. The molecule has 0 bridgehead atoms. The van der Waals surface area contributed by atoms with Gasteiger partial charge in [0.05, 0.1) is 17.4 Å². The van der Waals surface area contributed by atoms with Crippen LogP contribution in [0.4, 0.5) is 5.69 Å². The van der Waals surface area contributed by atoms with E-state index in [1.54, 1.807) is 6.07 Å². The molecule has 0 aliphatic heterocycles. The molecule has 21 heavy (non-hydrogen) atoms. The number of ether oxygens (including phenoxy) is 1. The van der Waals surface area contributed by atoms with E-state index in [0.717, 1.165) is 5.56 Å². The summed E-state index contributed by atoms with van der Waals surface area (Å²) >= 11 is 0. The monoisotopic (exact) mass is 286 g/mol. The molecule has 1 heterocycles. The molecule has 0 spiro atoms. The topological polar surface area (TPSA) is 88.5 Å².